The van der Waals surface area contributed by atoms with Crippen LogP contribution in [0.1, 0.15) is 11.1 Å². The molecule has 0 radical (unpaired) electrons. The predicted molar refractivity (Wildman–Crippen MR) is 107 cm³/mol. The van der Waals surface area contributed by atoms with Crippen molar-refractivity contribution in [1.29, 1.82) is 0 Å². The zero-order chi connectivity index (χ0) is 20.8. The van der Waals surface area contributed by atoms with Crippen molar-refractivity contribution in [2.75, 3.05) is 6.54 Å². The fraction of sp³-hybridized carbons (Fsp3) is 0.250. The zero-order valence-electron chi connectivity index (χ0n) is 15.7. The number of rotatable bonds is 8. The molecule has 0 spiro atoms. The number of alkyl halides is 2. The van der Waals surface area contributed by atoms with Gasteiger partial charge in [-0.1, -0.05) is 42.0 Å². The number of hydrogen-bond acceptors (Lipinski definition) is 4. The lowest BCUT2D eigenvalue weighted by molar-refractivity contribution is -0.121. The number of aryl methyl sites for hydroxylation is 1. The molecule has 29 heavy (non-hydrogen) atoms. The summed E-state index contributed by atoms with van der Waals surface area (Å²) in [6.07, 6.45) is 0.558. The Labute approximate surface area is 171 Å². The molecule has 0 saturated carbocycles. The van der Waals surface area contributed by atoms with Gasteiger partial charge in [0, 0.05) is 12.1 Å². The maximum atomic E-state index is 12.3. The fourth-order valence-corrected chi connectivity index (χ4v) is 2.97. The highest BCUT2D eigenvalue weighted by Gasteiger charge is 2.12. The molecule has 2 N–H and O–H groups in total. The van der Waals surface area contributed by atoms with Crippen molar-refractivity contribution in [2.45, 2.75) is 26.5 Å². The average Bonchev–Trinajstić information content (AvgIpc) is 3.04. The van der Waals surface area contributed by atoms with Crippen LogP contribution in [-0.4, -0.2) is 33.8 Å². The molecule has 0 aliphatic rings. The van der Waals surface area contributed by atoms with Crippen LogP contribution in [0.25, 0.3) is 11.4 Å². The summed E-state index contributed by atoms with van der Waals surface area (Å²) in [7, 11) is 0. The van der Waals surface area contributed by atoms with Gasteiger partial charge in [-0.3, -0.25) is 14.5 Å². The number of carbonyl (C=O) groups excluding carboxylic acids is 1. The normalized spacial score (nSPS) is 10.9. The Morgan fingerprint density at radius 1 is 1.21 bits per heavy atom. The highest BCUT2D eigenvalue weighted by molar-refractivity contribution is 7.71. The minimum atomic E-state index is -2.85. The van der Waals surface area contributed by atoms with Gasteiger partial charge in [-0.2, -0.15) is 13.9 Å². The predicted octanol–water partition coefficient (Wildman–Crippen LogP) is 3.88. The Bertz CT molecular complexity index is 1010. The maximum Gasteiger partial charge on any atom is 0.387 e. The van der Waals surface area contributed by atoms with Crippen LogP contribution in [0.2, 0.25) is 0 Å². The second-order valence-electron chi connectivity index (χ2n) is 6.43. The summed E-state index contributed by atoms with van der Waals surface area (Å²) >= 11 is 5.25. The minimum Gasteiger partial charge on any atom is -0.435 e. The Hall–Kier alpha value is -3.07. The van der Waals surface area contributed by atoms with Crippen LogP contribution in [0, 0.1) is 11.7 Å². The molecule has 0 aliphatic heterocycles. The Balaban J connectivity index is 1.56. The second-order valence-corrected chi connectivity index (χ2v) is 6.81. The van der Waals surface area contributed by atoms with Gasteiger partial charge >= 0.3 is 6.61 Å². The van der Waals surface area contributed by atoms with E-state index in [0.29, 0.717) is 23.6 Å². The molecule has 1 heterocycles. The van der Waals surface area contributed by atoms with Crippen LogP contribution >= 0.6 is 12.2 Å². The number of aromatic amines is 1. The monoisotopic (exact) mass is 418 g/mol. The van der Waals surface area contributed by atoms with Crippen molar-refractivity contribution in [3.63, 3.8) is 0 Å². The number of hydrogen-bond donors (Lipinski definition) is 2. The summed E-state index contributed by atoms with van der Waals surface area (Å²) in [6.45, 7) is -0.411. The minimum absolute atomic E-state index is 0.0414. The van der Waals surface area contributed by atoms with Crippen molar-refractivity contribution in [3.8, 4) is 17.1 Å². The van der Waals surface area contributed by atoms with Gasteiger partial charge in [0.05, 0.1) is 0 Å². The van der Waals surface area contributed by atoms with E-state index in [4.69, 9.17) is 12.2 Å². The summed E-state index contributed by atoms with van der Waals surface area (Å²) in [6, 6.07) is 14.1. The molecule has 0 bridgehead atoms. The number of aromatic nitrogens is 3. The van der Waals surface area contributed by atoms with E-state index in [1.165, 1.54) is 12.1 Å². The zero-order valence-corrected chi connectivity index (χ0v) is 16.5. The van der Waals surface area contributed by atoms with Gasteiger partial charge in [0.1, 0.15) is 12.3 Å². The van der Waals surface area contributed by atoms with E-state index in [9.17, 15) is 13.6 Å². The van der Waals surface area contributed by atoms with Crippen LogP contribution in [0.3, 0.4) is 0 Å². The third kappa shape index (κ3) is 5.71. The van der Waals surface area contributed by atoms with E-state index in [0.717, 1.165) is 16.7 Å². The van der Waals surface area contributed by atoms with Crippen molar-refractivity contribution in [1.82, 2.24) is 20.1 Å². The summed E-state index contributed by atoms with van der Waals surface area (Å²) < 4.78 is 30.7. The van der Waals surface area contributed by atoms with Gasteiger partial charge in [-0.25, -0.2) is 0 Å². The molecule has 6 nitrogen and oxygen atoms in total. The largest absolute Gasteiger partial charge is 0.435 e. The third-order valence-corrected chi connectivity index (χ3v) is 4.57. The van der Waals surface area contributed by atoms with Gasteiger partial charge in [0.15, 0.2) is 10.6 Å². The lowest BCUT2D eigenvalue weighted by Crippen LogP contribution is -2.29. The van der Waals surface area contributed by atoms with E-state index in [-0.39, 0.29) is 18.2 Å². The van der Waals surface area contributed by atoms with Crippen LogP contribution in [0.5, 0.6) is 5.75 Å². The molecule has 3 rings (SSSR count). The number of halogens is 2. The van der Waals surface area contributed by atoms with Gasteiger partial charge in [0.25, 0.3) is 0 Å². The molecule has 2 aromatic carbocycles. The van der Waals surface area contributed by atoms with Crippen molar-refractivity contribution in [2.24, 2.45) is 0 Å². The number of nitrogens with one attached hydrogen (secondary N) is 2. The molecule has 1 aromatic heterocycles. The average molecular weight is 418 g/mol. The molecule has 0 saturated heterocycles. The lowest BCUT2D eigenvalue weighted by atomic mass is 10.1. The topological polar surface area (TPSA) is 71.9 Å². The van der Waals surface area contributed by atoms with Gasteiger partial charge < -0.3 is 10.1 Å². The Kier molecular flexibility index (Phi) is 6.71. The van der Waals surface area contributed by atoms with Gasteiger partial charge in [-0.05, 0) is 43.3 Å². The summed E-state index contributed by atoms with van der Waals surface area (Å²) in [5.41, 5.74) is 2.88. The highest BCUT2D eigenvalue weighted by atomic mass is 32.1. The van der Waals surface area contributed by atoms with Crippen LogP contribution in [-0.2, 0) is 17.8 Å². The molecule has 0 atom stereocenters. The molecule has 1 amide bonds. The first-order chi connectivity index (χ1) is 13.9. The molecule has 0 fully saturated rings. The molecule has 0 aliphatic carbocycles. The number of carbonyl (C=O) groups is 1. The number of benzene rings is 2. The molecular formula is C20H20F2N4O2S. The number of amides is 1. The van der Waals surface area contributed by atoms with E-state index in [2.05, 4.69) is 20.3 Å². The molecule has 0 unspecified atom stereocenters. The standard InChI is InChI=1S/C20H20F2N4O2S/c1-13-2-6-15(7-3-13)18-24-25-20(29)26(18)12-17(27)23-11-10-14-4-8-16(9-5-14)28-19(21)22/h2-9,19H,10-12H2,1H3,(H,23,27)(H,25,29). The fourth-order valence-electron chi connectivity index (χ4n) is 2.77. The molecule has 3 aromatic rings. The third-order valence-electron chi connectivity index (χ3n) is 4.25. The van der Waals surface area contributed by atoms with E-state index in [1.807, 2.05) is 31.2 Å². The van der Waals surface area contributed by atoms with E-state index < -0.39 is 6.61 Å². The number of ether oxygens (including phenoxy) is 1. The van der Waals surface area contributed by atoms with Crippen molar-refractivity contribution in [3.05, 3.63) is 64.4 Å². The summed E-state index contributed by atoms with van der Waals surface area (Å²) in [4.78, 5) is 12.3. The van der Waals surface area contributed by atoms with Crippen molar-refractivity contribution < 1.29 is 18.3 Å². The smallest absolute Gasteiger partial charge is 0.387 e. The highest BCUT2D eigenvalue weighted by Crippen LogP contribution is 2.18. The maximum absolute atomic E-state index is 12.3. The molecular weight excluding hydrogens is 398 g/mol. The SMILES string of the molecule is Cc1ccc(-c2n[nH]c(=S)n2CC(=O)NCCc2ccc(OC(F)F)cc2)cc1. The lowest BCUT2D eigenvalue weighted by Gasteiger charge is -2.09. The van der Waals surface area contributed by atoms with Crippen LogP contribution in [0.4, 0.5) is 8.78 Å². The first-order valence-electron chi connectivity index (χ1n) is 8.95. The molecule has 152 valence electrons. The van der Waals surface area contributed by atoms with Gasteiger partial charge in [0.2, 0.25) is 5.91 Å². The Morgan fingerprint density at radius 3 is 2.55 bits per heavy atom. The van der Waals surface area contributed by atoms with Crippen LogP contribution < -0.4 is 10.1 Å². The Morgan fingerprint density at radius 2 is 1.90 bits per heavy atom. The quantitative estimate of drug-likeness (QED) is 0.545. The first-order valence-corrected chi connectivity index (χ1v) is 9.36. The summed E-state index contributed by atoms with van der Waals surface area (Å²) in [5.74, 6) is 0.499. The summed E-state index contributed by atoms with van der Waals surface area (Å²) in [5, 5.41) is 9.78. The first kappa shape index (κ1) is 20.7. The van der Waals surface area contributed by atoms with E-state index in [1.54, 1.807) is 16.7 Å². The van der Waals surface area contributed by atoms with Gasteiger partial charge in [-0.15, -0.1) is 0 Å². The van der Waals surface area contributed by atoms with Crippen LogP contribution in [0.15, 0.2) is 48.5 Å². The number of H-pyrrole nitrogens is 1. The second kappa shape index (κ2) is 9.42. The van der Waals surface area contributed by atoms with Crippen molar-refractivity contribution >= 4 is 18.1 Å². The molecule has 9 heteroatoms. The van der Waals surface area contributed by atoms with E-state index >= 15 is 0 Å². The number of nitrogens with zero attached hydrogens (tertiary/aromatic N) is 2.